The van der Waals surface area contributed by atoms with Crippen molar-refractivity contribution < 1.29 is 0 Å². The Morgan fingerprint density at radius 2 is 1.31 bits per heavy atom. The molecule has 0 saturated heterocycles. The molecule has 0 bridgehead atoms. The Kier molecular flexibility index (Phi) is 6.19. The Labute approximate surface area is 206 Å². The molecule has 1 heterocycles. The van der Waals surface area contributed by atoms with Gasteiger partial charge in [-0.1, -0.05) is 122 Å². The molecule has 0 spiro atoms. The maximum absolute atomic E-state index is 4.88. The number of aromatic nitrogens is 2. The summed E-state index contributed by atoms with van der Waals surface area (Å²) in [4.78, 5) is 9.71. The van der Waals surface area contributed by atoms with Crippen LogP contribution in [-0.2, 0) is 0 Å². The molecule has 5 rings (SSSR count). The average Bonchev–Trinajstić information content (AvgIpc) is 2.92. The molecule has 0 radical (unpaired) electrons. The molecule has 1 aromatic heterocycles. The fourth-order valence-electron chi connectivity index (χ4n) is 4.40. The molecule has 0 amide bonds. The van der Waals surface area contributed by atoms with Gasteiger partial charge in [0, 0.05) is 16.7 Å². The third-order valence-corrected chi connectivity index (χ3v) is 6.26. The lowest BCUT2D eigenvalue weighted by Crippen LogP contribution is -1.98. The Morgan fingerprint density at radius 1 is 0.686 bits per heavy atom. The molecule has 2 nitrogen and oxygen atoms in total. The van der Waals surface area contributed by atoms with Crippen molar-refractivity contribution >= 4 is 16.3 Å². The van der Waals surface area contributed by atoms with Crippen molar-refractivity contribution in [3.63, 3.8) is 0 Å². The standard InChI is InChI=1S/C33H26N2/c1-4-11-24(5-2)33-34-31(27-13-7-6-8-14-27)22-32(35-33)28-18-16-26(17-19-28)30-21-20-25-12-9-10-15-29(25)23(30)3/h4-22H,1-2H2,3H3/b24-11+. The minimum atomic E-state index is 0.630. The number of fused-ring (bicyclic) bond motifs is 1. The summed E-state index contributed by atoms with van der Waals surface area (Å²) >= 11 is 0. The minimum absolute atomic E-state index is 0.630. The van der Waals surface area contributed by atoms with E-state index >= 15 is 0 Å². The number of nitrogens with zero attached hydrogens (tertiary/aromatic N) is 2. The Morgan fingerprint density at radius 3 is 2.00 bits per heavy atom. The molecule has 0 aliphatic rings. The van der Waals surface area contributed by atoms with Gasteiger partial charge in [0.05, 0.1) is 11.4 Å². The van der Waals surface area contributed by atoms with Gasteiger partial charge >= 0.3 is 0 Å². The summed E-state index contributed by atoms with van der Waals surface area (Å²) in [5.74, 6) is 0.630. The normalized spacial score (nSPS) is 11.4. The zero-order valence-corrected chi connectivity index (χ0v) is 19.8. The van der Waals surface area contributed by atoms with E-state index in [1.165, 1.54) is 27.5 Å². The highest BCUT2D eigenvalue weighted by molar-refractivity contribution is 5.91. The quantitative estimate of drug-likeness (QED) is 0.242. The van der Waals surface area contributed by atoms with Crippen molar-refractivity contribution in [2.45, 2.75) is 6.92 Å². The lowest BCUT2D eigenvalue weighted by Gasteiger charge is -2.12. The molecular formula is C33H26N2. The highest BCUT2D eigenvalue weighted by Gasteiger charge is 2.12. The molecule has 0 aliphatic heterocycles. The fourth-order valence-corrected chi connectivity index (χ4v) is 4.40. The number of hydrogen-bond acceptors (Lipinski definition) is 2. The molecule has 35 heavy (non-hydrogen) atoms. The summed E-state index contributed by atoms with van der Waals surface area (Å²) in [6.45, 7) is 9.95. The topological polar surface area (TPSA) is 25.8 Å². The van der Waals surface area contributed by atoms with Crippen LogP contribution in [-0.4, -0.2) is 9.97 Å². The van der Waals surface area contributed by atoms with Crippen molar-refractivity contribution in [3.05, 3.63) is 140 Å². The van der Waals surface area contributed by atoms with Gasteiger partial charge in [-0.3, -0.25) is 0 Å². The van der Waals surface area contributed by atoms with E-state index in [1.54, 1.807) is 12.2 Å². The van der Waals surface area contributed by atoms with Crippen LogP contribution in [0.2, 0.25) is 0 Å². The first-order valence-corrected chi connectivity index (χ1v) is 11.7. The highest BCUT2D eigenvalue weighted by atomic mass is 14.9. The zero-order chi connectivity index (χ0) is 24.2. The second-order valence-corrected chi connectivity index (χ2v) is 8.43. The van der Waals surface area contributed by atoms with Crippen LogP contribution < -0.4 is 0 Å². The van der Waals surface area contributed by atoms with E-state index in [9.17, 15) is 0 Å². The molecule has 168 valence electrons. The summed E-state index contributed by atoms with van der Waals surface area (Å²) in [7, 11) is 0. The third kappa shape index (κ3) is 4.47. The SMILES string of the molecule is C=C/C=C(\C=C)c1nc(-c2ccccc2)cc(-c2ccc(-c3ccc4ccccc4c3C)cc2)n1. The van der Waals surface area contributed by atoms with E-state index in [2.05, 4.69) is 92.9 Å². The third-order valence-electron chi connectivity index (χ3n) is 6.26. The van der Waals surface area contributed by atoms with Gasteiger partial charge in [0.2, 0.25) is 0 Å². The first kappa shape index (κ1) is 22.2. The summed E-state index contributed by atoms with van der Waals surface area (Å²) in [5, 5.41) is 2.55. The van der Waals surface area contributed by atoms with E-state index in [4.69, 9.17) is 9.97 Å². The lowest BCUT2D eigenvalue weighted by molar-refractivity contribution is 1.13. The summed E-state index contributed by atoms with van der Waals surface area (Å²) in [6.07, 6.45) is 5.38. The van der Waals surface area contributed by atoms with Gasteiger partial charge in [0.15, 0.2) is 5.82 Å². The summed E-state index contributed by atoms with van der Waals surface area (Å²) < 4.78 is 0. The molecule has 0 fully saturated rings. The second-order valence-electron chi connectivity index (χ2n) is 8.43. The van der Waals surface area contributed by atoms with E-state index < -0.39 is 0 Å². The average molecular weight is 451 g/mol. The Hall–Kier alpha value is -4.56. The Bertz CT molecular complexity index is 1560. The van der Waals surface area contributed by atoms with Gasteiger partial charge in [-0.25, -0.2) is 9.97 Å². The smallest absolute Gasteiger partial charge is 0.160 e. The van der Waals surface area contributed by atoms with Crippen molar-refractivity contribution in [1.29, 1.82) is 0 Å². The molecule has 0 saturated carbocycles. The van der Waals surface area contributed by atoms with Crippen LogP contribution in [0, 0.1) is 6.92 Å². The number of rotatable bonds is 6. The van der Waals surface area contributed by atoms with Crippen LogP contribution in [0.4, 0.5) is 0 Å². The van der Waals surface area contributed by atoms with Crippen LogP contribution in [0.25, 0.3) is 50.0 Å². The first-order chi connectivity index (χ1) is 17.2. The molecule has 0 atom stereocenters. The van der Waals surface area contributed by atoms with E-state index in [0.717, 1.165) is 28.1 Å². The molecule has 0 unspecified atom stereocenters. The second kappa shape index (κ2) is 9.74. The lowest BCUT2D eigenvalue weighted by atomic mass is 9.94. The fraction of sp³-hybridized carbons (Fsp3) is 0.0303. The minimum Gasteiger partial charge on any atom is -0.228 e. The van der Waals surface area contributed by atoms with Crippen LogP contribution in [0.3, 0.4) is 0 Å². The van der Waals surface area contributed by atoms with Crippen LogP contribution in [0.5, 0.6) is 0 Å². The molecule has 2 heteroatoms. The highest BCUT2D eigenvalue weighted by Crippen LogP contribution is 2.32. The summed E-state index contributed by atoms with van der Waals surface area (Å²) in [6, 6.07) is 33.7. The van der Waals surface area contributed by atoms with E-state index in [0.29, 0.717) is 5.82 Å². The van der Waals surface area contributed by atoms with Crippen LogP contribution in [0.15, 0.2) is 128 Å². The number of allylic oxidation sites excluding steroid dienone is 4. The molecular weight excluding hydrogens is 424 g/mol. The van der Waals surface area contributed by atoms with Gasteiger partial charge in [0.25, 0.3) is 0 Å². The number of hydrogen-bond donors (Lipinski definition) is 0. The van der Waals surface area contributed by atoms with Gasteiger partial charge < -0.3 is 0 Å². The van der Waals surface area contributed by atoms with Crippen molar-refractivity contribution in [3.8, 4) is 33.6 Å². The van der Waals surface area contributed by atoms with Crippen molar-refractivity contribution in [1.82, 2.24) is 9.97 Å². The van der Waals surface area contributed by atoms with Gasteiger partial charge in [-0.2, -0.15) is 0 Å². The van der Waals surface area contributed by atoms with Gasteiger partial charge in [-0.15, -0.1) is 0 Å². The molecule has 0 aliphatic carbocycles. The number of aryl methyl sites for hydroxylation is 1. The monoisotopic (exact) mass is 450 g/mol. The number of benzene rings is 4. The predicted molar refractivity (Wildman–Crippen MR) is 149 cm³/mol. The van der Waals surface area contributed by atoms with E-state index in [-0.39, 0.29) is 0 Å². The largest absolute Gasteiger partial charge is 0.228 e. The molecule has 4 aromatic carbocycles. The van der Waals surface area contributed by atoms with E-state index in [1.807, 2.05) is 30.3 Å². The van der Waals surface area contributed by atoms with Crippen LogP contribution in [0.1, 0.15) is 11.4 Å². The molecule has 5 aromatic rings. The first-order valence-electron chi connectivity index (χ1n) is 11.7. The Balaban J connectivity index is 1.59. The maximum atomic E-state index is 4.88. The van der Waals surface area contributed by atoms with Gasteiger partial charge in [-0.05, 0) is 40.5 Å². The van der Waals surface area contributed by atoms with Crippen molar-refractivity contribution in [2.75, 3.05) is 0 Å². The van der Waals surface area contributed by atoms with Crippen molar-refractivity contribution in [2.24, 2.45) is 0 Å². The molecule has 0 N–H and O–H groups in total. The predicted octanol–water partition coefficient (Wildman–Crippen LogP) is 8.69. The van der Waals surface area contributed by atoms with Crippen LogP contribution >= 0.6 is 0 Å². The maximum Gasteiger partial charge on any atom is 0.160 e. The zero-order valence-electron chi connectivity index (χ0n) is 19.8. The summed E-state index contributed by atoms with van der Waals surface area (Å²) in [5.41, 5.74) is 8.38. The van der Waals surface area contributed by atoms with Gasteiger partial charge in [0.1, 0.15) is 0 Å².